The lowest BCUT2D eigenvalue weighted by molar-refractivity contribution is 0.478. The third-order valence-electron chi connectivity index (χ3n) is 4.51. The van der Waals surface area contributed by atoms with Gasteiger partial charge in [0, 0.05) is 26.1 Å². The molecule has 0 radical (unpaired) electrons. The zero-order valence-electron chi connectivity index (χ0n) is 13.8. The third kappa shape index (κ3) is 2.01. The molecule has 0 aliphatic carbocycles. The summed E-state index contributed by atoms with van der Waals surface area (Å²) in [7, 11) is 1.89. The summed E-state index contributed by atoms with van der Waals surface area (Å²) in [5, 5.41) is 14.1. The second-order valence-electron chi connectivity index (χ2n) is 6.29. The van der Waals surface area contributed by atoms with Crippen molar-refractivity contribution in [2.24, 2.45) is 7.05 Å². The molecule has 1 aliphatic rings. The molecule has 0 saturated carbocycles. The Morgan fingerprint density at radius 2 is 2.00 bits per heavy atom. The molecule has 3 aromatic heterocycles. The molecule has 8 heteroatoms. The van der Waals surface area contributed by atoms with E-state index in [-0.39, 0.29) is 6.04 Å². The summed E-state index contributed by atoms with van der Waals surface area (Å²) in [5.41, 5.74) is 0.845. The zero-order valence-corrected chi connectivity index (χ0v) is 13.8. The minimum absolute atomic E-state index is 0.113. The smallest absolute Gasteiger partial charge is 0.163 e. The summed E-state index contributed by atoms with van der Waals surface area (Å²) < 4.78 is 4.02. The van der Waals surface area contributed by atoms with Crippen LogP contribution in [0.3, 0.4) is 0 Å². The summed E-state index contributed by atoms with van der Waals surface area (Å²) in [4.78, 5) is 11.1. The van der Waals surface area contributed by atoms with Gasteiger partial charge in [-0.1, -0.05) is 13.8 Å². The van der Waals surface area contributed by atoms with Crippen LogP contribution in [0.2, 0.25) is 0 Å². The molecular formula is C15H20N8. The molecule has 0 aromatic carbocycles. The van der Waals surface area contributed by atoms with Crippen LogP contribution in [0.1, 0.15) is 44.4 Å². The van der Waals surface area contributed by atoms with Crippen LogP contribution in [-0.2, 0) is 13.6 Å². The van der Waals surface area contributed by atoms with E-state index in [2.05, 4.69) is 55.5 Å². The van der Waals surface area contributed by atoms with Crippen molar-refractivity contribution < 1.29 is 0 Å². The molecule has 0 saturated heterocycles. The van der Waals surface area contributed by atoms with Gasteiger partial charge in [0.25, 0.3) is 0 Å². The first-order valence-electron chi connectivity index (χ1n) is 7.90. The Bertz CT molecular complexity index is 862. The van der Waals surface area contributed by atoms with Crippen LogP contribution < -0.4 is 4.90 Å². The first kappa shape index (κ1) is 14.1. The molecular weight excluding hydrogens is 292 g/mol. The number of hydrogen-bond donors (Lipinski definition) is 0. The largest absolute Gasteiger partial charge is 0.344 e. The molecule has 0 amide bonds. The SMILES string of the molecule is CC(C)c1nnc2n1CCN(c1ncnc3c1cnn3C)[C@@H]2C. The van der Waals surface area contributed by atoms with Crippen molar-refractivity contribution in [1.29, 1.82) is 0 Å². The zero-order chi connectivity index (χ0) is 16.1. The fraction of sp³-hybridized carbons (Fsp3) is 0.533. The van der Waals surface area contributed by atoms with Crippen LogP contribution in [0.15, 0.2) is 12.5 Å². The summed E-state index contributed by atoms with van der Waals surface area (Å²) in [6, 6.07) is 0.113. The minimum atomic E-state index is 0.113. The third-order valence-corrected chi connectivity index (χ3v) is 4.51. The van der Waals surface area contributed by atoms with Crippen molar-refractivity contribution in [3.8, 4) is 0 Å². The molecule has 0 unspecified atom stereocenters. The first-order valence-corrected chi connectivity index (χ1v) is 7.90. The average molecular weight is 312 g/mol. The fourth-order valence-electron chi connectivity index (χ4n) is 3.30. The highest BCUT2D eigenvalue weighted by Gasteiger charge is 2.30. The number of anilines is 1. The van der Waals surface area contributed by atoms with E-state index in [4.69, 9.17) is 0 Å². The molecule has 23 heavy (non-hydrogen) atoms. The van der Waals surface area contributed by atoms with Gasteiger partial charge in [-0.2, -0.15) is 5.10 Å². The van der Waals surface area contributed by atoms with Gasteiger partial charge in [0.1, 0.15) is 18.0 Å². The summed E-state index contributed by atoms with van der Waals surface area (Å²) in [6.45, 7) is 8.18. The van der Waals surface area contributed by atoms with Crippen LogP contribution >= 0.6 is 0 Å². The van der Waals surface area contributed by atoms with Gasteiger partial charge in [-0.15, -0.1) is 10.2 Å². The van der Waals surface area contributed by atoms with Gasteiger partial charge < -0.3 is 9.47 Å². The normalized spacial score (nSPS) is 18.0. The highest BCUT2D eigenvalue weighted by atomic mass is 15.4. The Morgan fingerprint density at radius 1 is 1.17 bits per heavy atom. The summed E-state index contributed by atoms with van der Waals surface area (Å²) in [6.07, 6.45) is 3.43. The van der Waals surface area contributed by atoms with Gasteiger partial charge in [0.2, 0.25) is 0 Å². The predicted molar refractivity (Wildman–Crippen MR) is 86.2 cm³/mol. The molecule has 1 aliphatic heterocycles. The van der Waals surface area contributed by atoms with E-state index in [1.807, 2.05) is 13.2 Å². The molecule has 0 N–H and O–H groups in total. The number of hydrogen-bond acceptors (Lipinski definition) is 6. The number of nitrogens with zero attached hydrogens (tertiary/aromatic N) is 8. The molecule has 4 rings (SSSR count). The minimum Gasteiger partial charge on any atom is -0.344 e. The van der Waals surface area contributed by atoms with Gasteiger partial charge in [-0.3, -0.25) is 4.68 Å². The van der Waals surface area contributed by atoms with Crippen molar-refractivity contribution in [3.63, 3.8) is 0 Å². The van der Waals surface area contributed by atoms with E-state index in [9.17, 15) is 0 Å². The van der Waals surface area contributed by atoms with Crippen molar-refractivity contribution in [2.45, 2.75) is 39.3 Å². The fourth-order valence-corrected chi connectivity index (χ4v) is 3.30. The quantitative estimate of drug-likeness (QED) is 0.716. The van der Waals surface area contributed by atoms with Crippen LogP contribution in [-0.4, -0.2) is 41.1 Å². The molecule has 8 nitrogen and oxygen atoms in total. The molecule has 0 fully saturated rings. The number of rotatable bonds is 2. The van der Waals surface area contributed by atoms with Gasteiger partial charge in [0.15, 0.2) is 11.5 Å². The summed E-state index contributed by atoms with van der Waals surface area (Å²) >= 11 is 0. The van der Waals surface area contributed by atoms with Crippen LogP contribution in [0.4, 0.5) is 5.82 Å². The second-order valence-corrected chi connectivity index (χ2v) is 6.29. The average Bonchev–Trinajstić information content (AvgIpc) is 3.13. The van der Waals surface area contributed by atoms with Crippen molar-refractivity contribution in [1.82, 2.24) is 34.5 Å². The van der Waals surface area contributed by atoms with Crippen molar-refractivity contribution >= 4 is 16.9 Å². The molecule has 4 heterocycles. The molecule has 0 spiro atoms. The molecule has 120 valence electrons. The van der Waals surface area contributed by atoms with Crippen molar-refractivity contribution in [3.05, 3.63) is 24.2 Å². The standard InChI is InChI=1S/C15H20N8/c1-9(2)12-19-20-13-10(3)22(5-6-23(12)13)15-11-7-18-21(4)14(11)16-8-17-15/h7-10H,5-6H2,1-4H3/t10-/m1/s1. The van der Waals surface area contributed by atoms with E-state index in [1.165, 1.54) is 0 Å². The van der Waals surface area contributed by atoms with Gasteiger partial charge >= 0.3 is 0 Å². The van der Waals surface area contributed by atoms with Gasteiger partial charge in [-0.25, -0.2) is 9.97 Å². The lowest BCUT2D eigenvalue weighted by atomic mass is 10.1. The van der Waals surface area contributed by atoms with E-state index < -0.39 is 0 Å². The van der Waals surface area contributed by atoms with Gasteiger partial charge in [-0.05, 0) is 6.92 Å². The lowest BCUT2D eigenvalue weighted by Crippen LogP contribution is -2.38. The van der Waals surface area contributed by atoms with Gasteiger partial charge in [0.05, 0.1) is 17.6 Å². The summed E-state index contributed by atoms with van der Waals surface area (Å²) in [5.74, 6) is 3.34. The molecule has 3 aromatic rings. The maximum Gasteiger partial charge on any atom is 0.163 e. The Labute approximate surface area is 134 Å². The van der Waals surface area contributed by atoms with Crippen LogP contribution in [0, 0.1) is 0 Å². The maximum absolute atomic E-state index is 4.51. The molecule has 0 bridgehead atoms. The van der Waals surface area contributed by atoms with Crippen LogP contribution in [0.5, 0.6) is 0 Å². The topological polar surface area (TPSA) is 77.6 Å². The Hall–Kier alpha value is -2.51. The Morgan fingerprint density at radius 3 is 2.78 bits per heavy atom. The number of fused-ring (bicyclic) bond motifs is 2. The van der Waals surface area contributed by atoms with Crippen molar-refractivity contribution in [2.75, 3.05) is 11.4 Å². The Balaban J connectivity index is 1.78. The maximum atomic E-state index is 4.51. The van der Waals surface area contributed by atoms with Crippen LogP contribution in [0.25, 0.3) is 11.0 Å². The first-order chi connectivity index (χ1) is 11.1. The number of aryl methyl sites for hydroxylation is 1. The monoisotopic (exact) mass is 312 g/mol. The Kier molecular flexibility index (Phi) is 3.07. The molecule has 1 atom stereocenters. The van der Waals surface area contributed by atoms with E-state index in [1.54, 1.807) is 11.0 Å². The second kappa shape index (κ2) is 5.00. The highest BCUT2D eigenvalue weighted by molar-refractivity contribution is 5.86. The number of aromatic nitrogens is 7. The predicted octanol–water partition coefficient (Wildman–Crippen LogP) is 1.66. The van der Waals surface area contributed by atoms with E-state index in [0.29, 0.717) is 5.92 Å². The highest BCUT2D eigenvalue weighted by Crippen LogP contribution is 2.33. The van der Waals surface area contributed by atoms with E-state index in [0.717, 1.165) is 41.6 Å². The van der Waals surface area contributed by atoms with E-state index >= 15 is 0 Å². The lowest BCUT2D eigenvalue weighted by Gasteiger charge is -2.35.